The van der Waals surface area contributed by atoms with E-state index in [4.69, 9.17) is 4.74 Å². The van der Waals surface area contributed by atoms with Gasteiger partial charge in [0.15, 0.2) is 5.60 Å². The quantitative estimate of drug-likeness (QED) is 0.382. The van der Waals surface area contributed by atoms with Crippen LogP contribution in [0.1, 0.15) is 26.2 Å². The molecule has 4 nitrogen and oxygen atoms in total. The molecule has 0 radical (unpaired) electrons. The number of ether oxygens (including phenoxy) is 1. The zero-order valence-electron chi connectivity index (χ0n) is 8.54. The van der Waals surface area contributed by atoms with Crippen LogP contribution in [-0.2, 0) is 19.1 Å². The molecule has 2 fully saturated rings. The first-order valence-electron chi connectivity index (χ1n) is 4.94. The number of carbonyl (C=O) groups is 3. The third kappa shape index (κ3) is 1.32. The van der Waals surface area contributed by atoms with Gasteiger partial charge in [0.05, 0.1) is 0 Å². The molecule has 0 N–H and O–H groups in total. The van der Waals surface area contributed by atoms with Crippen molar-refractivity contribution in [2.45, 2.75) is 31.8 Å². The number of Topliss-reactive ketones (excluding diaryl/α,β-unsaturated/α-hetero) is 2. The minimum Gasteiger partial charge on any atom is -0.447 e. The second-order valence-corrected chi connectivity index (χ2v) is 4.30. The van der Waals surface area contributed by atoms with Crippen LogP contribution in [0.15, 0.2) is 12.2 Å². The highest BCUT2D eigenvalue weighted by Gasteiger charge is 2.60. The summed E-state index contributed by atoms with van der Waals surface area (Å²) in [5.41, 5.74) is -0.905. The van der Waals surface area contributed by atoms with Gasteiger partial charge in [0.25, 0.3) is 0 Å². The van der Waals surface area contributed by atoms with E-state index in [9.17, 15) is 14.4 Å². The van der Waals surface area contributed by atoms with Crippen LogP contribution in [0.25, 0.3) is 0 Å². The third-order valence-corrected chi connectivity index (χ3v) is 3.12. The van der Waals surface area contributed by atoms with Crippen LogP contribution in [0.3, 0.4) is 0 Å². The van der Waals surface area contributed by atoms with E-state index in [1.54, 1.807) is 0 Å². The Labute approximate surface area is 87.3 Å². The molecule has 15 heavy (non-hydrogen) atoms. The van der Waals surface area contributed by atoms with Gasteiger partial charge in [-0.25, -0.2) is 4.79 Å². The molecule has 0 aromatic heterocycles. The lowest BCUT2D eigenvalue weighted by atomic mass is 9.94. The van der Waals surface area contributed by atoms with Crippen LogP contribution in [0.5, 0.6) is 0 Å². The first kappa shape index (κ1) is 10.1. The number of ketones is 2. The Morgan fingerprint density at radius 1 is 1.53 bits per heavy atom. The van der Waals surface area contributed by atoms with Crippen molar-refractivity contribution in [3.63, 3.8) is 0 Å². The van der Waals surface area contributed by atoms with Crippen molar-refractivity contribution in [2.24, 2.45) is 5.92 Å². The largest absolute Gasteiger partial charge is 0.447 e. The van der Waals surface area contributed by atoms with Crippen LogP contribution in [0, 0.1) is 5.92 Å². The van der Waals surface area contributed by atoms with Gasteiger partial charge in [-0.2, -0.15) is 0 Å². The number of hydrogen-bond acceptors (Lipinski definition) is 4. The average Bonchev–Trinajstić information content (AvgIpc) is 2.67. The molecule has 0 spiro atoms. The summed E-state index contributed by atoms with van der Waals surface area (Å²) in [7, 11) is 0. The molecule has 0 aromatic rings. The number of carbonyl (C=O) groups excluding carboxylic acids is 3. The Balaban J connectivity index is 2.21. The molecule has 2 unspecified atom stereocenters. The summed E-state index contributed by atoms with van der Waals surface area (Å²) in [6.45, 7) is 4.97. The van der Waals surface area contributed by atoms with Crippen molar-refractivity contribution in [1.29, 1.82) is 0 Å². The highest BCUT2D eigenvalue weighted by molar-refractivity contribution is 6.44. The van der Waals surface area contributed by atoms with Gasteiger partial charge in [-0.1, -0.05) is 6.58 Å². The van der Waals surface area contributed by atoms with Gasteiger partial charge in [0.1, 0.15) is 0 Å². The van der Waals surface area contributed by atoms with Gasteiger partial charge in [-0.05, 0) is 19.8 Å². The summed E-state index contributed by atoms with van der Waals surface area (Å²) in [5, 5.41) is 0. The molecule has 80 valence electrons. The first-order chi connectivity index (χ1) is 6.96. The minimum atomic E-state index is -1.15. The van der Waals surface area contributed by atoms with Gasteiger partial charge >= 0.3 is 5.97 Å². The minimum absolute atomic E-state index is 0.226. The maximum Gasteiger partial charge on any atom is 0.334 e. The molecule has 0 heterocycles. The second kappa shape index (κ2) is 3.02. The highest BCUT2D eigenvalue weighted by atomic mass is 16.6. The standard InChI is InChI=1S/C11H12O4/c1-6(2)10(14)15-11-4-3-7(5-11)8(12)9(11)13/h7H,1,3-5H2,2H3. The molecular weight excluding hydrogens is 196 g/mol. The van der Waals surface area contributed by atoms with Crippen molar-refractivity contribution >= 4 is 17.5 Å². The lowest BCUT2D eigenvalue weighted by Crippen LogP contribution is -2.41. The predicted molar refractivity (Wildman–Crippen MR) is 51.0 cm³/mol. The Bertz CT molecular complexity index is 382. The van der Waals surface area contributed by atoms with E-state index >= 15 is 0 Å². The van der Waals surface area contributed by atoms with Gasteiger partial charge in [0, 0.05) is 17.9 Å². The number of hydrogen-bond donors (Lipinski definition) is 0. The smallest absolute Gasteiger partial charge is 0.334 e. The molecule has 0 amide bonds. The summed E-state index contributed by atoms with van der Waals surface area (Å²) in [4.78, 5) is 34.3. The van der Waals surface area contributed by atoms with Crippen LogP contribution < -0.4 is 0 Å². The Hall–Kier alpha value is -1.45. The van der Waals surface area contributed by atoms with Crippen LogP contribution in [0.2, 0.25) is 0 Å². The van der Waals surface area contributed by atoms with E-state index in [2.05, 4.69) is 6.58 Å². The maximum absolute atomic E-state index is 11.6. The van der Waals surface area contributed by atoms with E-state index < -0.39 is 17.4 Å². The first-order valence-corrected chi connectivity index (χ1v) is 4.94. The summed E-state index contributed by atoms with van der Waals surface area (Å²) in [6.07, 6.45) is 1.49. The fraction of sp³-hybridized carbons (Fsp3) is 0.545. The fourth-order valence-electron chi connectivity index (χ4n) is 2.25. The average molecular weight is 208 g/mol. The summed E-state index contributed by atoms with van der Waals surface area (Å²) < 4.78 is 5.13. The molecule has 0 saturated heterocycles. The lowest BCUT2D eigenvalue weighted by Gasteiger charge is -2.24. The van der Waals surface area contributed by atoms with Gasteiger partial charge < -0.3 is 4.74 Å². The Kier molecular flexibility index (Phi) is 2.03. The predicted octanol–water partition coefficient (Wildman–Crippen LogP) is 0.796. The van der Waals surface area contributed by atoms with Crippen molar-refractivity contribution in [2.75, 3.05) is 0 Å². The van der Waals surface area contributed by atoms with E-state index in [0.717, 1.165) is 0 Å². The van der Waals surface area contributed by atoms with E-state index in [1.807, 2.05) is 0 Å². The third-order valence-electron chi connectivity index (χ3n) is 3.12. The Morgan fingerprint density at radius 2 is 2.20 bits per heavy atom. The van der Waals surface area contributed by atoms with Crippen molar-refractivity contribution < 1.29 is 19.1 Å². The SMILES string of the molecule is C=C(C)C(=O)OC12CCC(C1)C(=O)C2=O. The summed E-state index contributed by atoms with van der Waals surface area (Å²) >= 11 is 0. The molecule has 2 aliphatic rings. The van der Waals surface area contributed by atoms with E-state index in [-0.39, 0.29) is 17.3 Å². The molecule has 2 rings (SSSR count). The van der Waals surface area contributed by atoms with Crippen molar-refractivity contribution in [3.05, 3.63) is 12.2 Å². The topological polar surface area (TPSA) is 60.4 Å². The summed E-state index contributed by atoms with van der Waals surface area (Å²) in [6, 6.07) is 0. The molecule has 0 aliphatic heterocycles. The highest BCUT2D eigenvalue weighted by Crippen LogP contribution is 2.45. The van der Waals surface area contributed by atoms with Crippen LogP contribution >= 0.6 is 0 Å². The molecule has 4 heteroatoms. The Morgan fingerprint density at radius 3 is 2.67 bits per heavy atom. The number of rotatable bonds is 2. The molecule has 2 saturated carbocycles. The van der Waals surface area contributed by atoms with Gasteiger partial charge in [-0.3, -0.25) is 9.59 Å². The molecule has 2 aliphatic carbocycles. The summed E-state index contributed by atoms with van der Waals surface area (Å²) in [5.74, 6) is -1.72. The normalized spacial score (nSPS) is 33.3. The van der Waals surface area contributed by atoms with Crippen molar-refractivity contribution in [1.82, 2.24) is 0 Å². The molecule has 2 atom stereocenters. The fourth-order valence-corrected chi connectivity index (χ4v) is 2.25. The van der Waals surface area contributed by atoms with Crippen molar-refractivity contribution in [3.8, 4) is 0 Å². The maximum atomic E-state index is 11.6. The van der Waals surface area contributed by atoms with E-state index in [0.29, 0.717) is 19.3 Å². The van der Waals surface area contributed by atoms with Gasteiger partial charge in [-0.15, -0.1) is 0 Å². The zero-order valence-corrected chi connectivity index (χ0v) is 8.54. The van der Waals surface area contributed by atoms with Crippen LogP contribution in [-0.4, -0.2) is 23.1 Å². The van der Waals surface area contributed by atoms with E-state index in [1.165, 1.54) is 6.92 Å². The zero-order chi connectivity index (χ0) is 11.2. The van der Waals surface area contributed by atoms with Gasteiger partial charge in [0.2, 0.25) is 11.6 Å². The van der Waals surface area contributed by atoms with Crippen LogP contribution in [0.4, 0.5) is 0 Å². The molecule has 0 aromatic carbocycles. The number of fused-ring (bicyclic) bond motifs is 2. The second-order valence-electron chi connectivity index (χ2n) is 4.30. The lowest BCUT2D eigenvalue weighted by molar-refractivity contribution is -0.163. The monoisotopic (exact) mass is 208 g/mol. The molecule has 2 bridgehead atoms. The number of esters is 1. The molecular formula is C11H12O4.